The van der Waals surface area contributed by atoms with Crippen molar-refractivity contribution < 1.29 is 18.7 Å². The number of likely N-dealkylation sites (N-methyl/N-ethyl adjacent to an activating group) is 1. The Hall–Kier alpha value is -2.54. The van der Waals surface area contributed by atoms with Gasteiger partial charge in [0.05, 0.1) is 12.9 Å². The third-order valence-electron chi connectivity index (χ3n) is 4.33. The zero-order valence-corrected chi connectivity index (χ0v) is 17.1. The second-order valence-electron chi connectivity index (χ2n) is 6.28. The van der Waals surface area contributed by atoms with Crippen LogP contribution in [0.15, 0.2) is 48.5 Å². The van der Waals surface area contributed by atoms with Gasteiger partial charge in [-0.05, 0) is 42.3 Å². The number of thioether (sulfide) groups is 1. The zero-order valence-electron chi connectivity index (χ0n) is 16.3. The number of hydrogen-bond donors (Lipinski definition) is 1. The maximum atomic E-state index is 13.0. The monoisotopic (exact) mass is 404 g/mol. The predicted molar refractivity (Wildman–Crippen MR) is 110 cm³/mol. The Labute approximate surface area is 169 Å². The zero-order chi connectivity index (χ0) is 20.5. The van der Waals surface area contributed by atoms with Crippen LogP contribution in [0, 0.1) is 5.82 Å². The van der Waals surface area contributed by atoms with E-state index in [-0.39, 0.29) is 23.4 Å². The van der Waals surface area contributed by atoms with Crippen LogP contribution in [0.3, 0.4) is 0 Å². The molecule has 2 aromatic rings. The maximum absolute atomic E-state index is 13.0. The molecule has 2 amide bonds. The molecule has 2 rings (SSSR count). The molecular formula is C21H25FN2O3S. The number of hydrogen-bond acceptors (Lipinski definition) is 4. The van der Waals surface area contributed by atoms with Crippen LogP contribution in [0.4, 0.5) is 4.39 Å². The first-order chi connectivity index (χ1) is 13.4. The minimum atomic E-state index is -0.592. The van der Waals surface area contributed by atoms with Gasteiger partial charge in [0.15, 0.2) is 0 Å². The Kier molecular flexibility index (Phi) is 8.32. The lowest BCUT2D eigenvalue weighted by Crippen LogP contribution is -2.47. The molecule has 7 heteroatoms. The summed E-state index contributed by atoms with van der Waals surface area (Å²) in [7, 11) is 3.15. The Balaban J connectivity index is 2.02. The summed E-state index contributed by atoms with van der Waals surface area (Å²) in [6, 6.07) is 13.0. The molecular weight excluding hydrogens is 379 g/mol. The van der Waals surface area contributed by atoms with Crippen molar-refractivity contribution in [2.24, 2.45) is 0 Å². The molecule has 0 aliphatic rings. The first-order valence-electron chi connectivity index (χ1n) is 8.90. The Morgan fingerprint density at radius 1 is 1.11 bits per heavy atom. The molecule has 0 spiro atoms. The van der Waals surface area contributed by atoms with Gasteiger partial charge >= 0.3 is 0 Å². The van der Waals surface area contributed by atoms with E-state index in [1.165, 1.54) is 23.9 Å². The van der Waals surface area contributed by atoms with E-state index in [1.807, 2.05) is 24.3 Å². The third-order valence-corrected chi connectivity index (χ3v) is 5.32. The van der Waals surface area contributed by atoms with Crippen LogP contribution in [-0.4, -0.2) is 42.7 Å². The fourth-order valence-corrected chi connectivity index (χ4v) is 3.51. The number of rotatable bonds is 9. The van der Waals surface area contributed by atoms with Gasteiger partial charge in [-0.15, -0.1) is 11.8 Å². The SMILES string of the molecule is CNC(=O)C(C)N(Cc1ccc(OC)cc1)C(=O)CSCc1ccc(F)cc1. The van der Waals surface area contributed by atoms with Crippen LogP contribution in [-0.2, 0) is 21.9 Å². The molecule has 150 valence electrons. The van der Waals surface area contributed by atoms with Crippen molar-refractivity contribution in [3.63, 3.8) is 0 Å². The highest BCUT2D eigenvalue weighted by molar-refractivity contribution is 7.99. The summed E-state index contributed by atoms with van der Waals surface area (Å²) < 4.78 is 18.1. The molecule has 1 N–H and O–H groups in total. The maximum Gasteiger partial charge on any atom is 0.242 e. The molecule has 0 saturated carbocycles. The summed E-state index contributed by atoms with van der Waals surface area (Å²) in [4.78, 5) is 26.5. The molecule has 28 heavy (non-hydrogen) atoms. The fourth-order valence-electron chi connectivity index (χ4n) is 2.64. The van der Waals surface area contributed by atoms with Crippen LogP contribution in [0.25, 0.3) is 0 Å². The quantitative estimate of drug-likeness (QED) is 0.697. The molecule has 0 aromatic heterocycles. The molecule has 1 unspecified atom stereocenters. The van der Waals surface area contributed by atoms with Gasteiger partial charge in [-0.25, -0.2) is 4.39 Å². The van der Waals surface area contributed by atoms with Crippen molar-refractivity contribution in [1.29, 1.82) is 0 Å². The Morgan fingerprint density at radius 3 is 2.29 bits per heavy atom. The van der Waals surface area contributed by atoms with Crippen molar-refractivity contribution in [3.8, 4) is 5.75 Å². The van der Waals surface area contributed by atoms with E-state index >= 15 is 0 Å². The third kappa shape index (κ3) is 6.27. The second-order valence-corrected chi connectivity index (χ2v) is 7.26. The van der Waals surface area contributed by atoms with Crippen molar-refractivity contribution in [2.75, 3.05) is 19.9 Å². The summed E-state index contributed by atoms with van der Waals surface area (Å²) in [5.74, 6) is 0.932. The molecule has 2 aromatic carbocycles. The van der Waals surface area contributed by atoms with Gasteiger partial charge in [-0.1, -0.05) is 24.3 Å². The Bertz CT molecular complexity index is 781. The van der Waals surface area contributed by atoms with Crippen LogP contribution < -0.4 is 10.1 Å². The van der Waals surface area contributed by atoms with E-state index in [1.54, 1.807) is 38.1 Å². The standard InChI is InChI=1S/C21H25FN2O3S/c1-15(21(26)23-2)24(12-16-6-10-19(27-3)11-7-16)20(25)14-28-13-17-4-8-18(22)9-5-17/h4-11,15H,12-14H2,1-3H3,(H,23,26). The normalized spacial score (nSPS) is 11.6. The van der Waals surface area contributed by atoms with Crippen LogP contribution >= 0.6 is 11.8 Å². The first-order valence-corrected chi connectivity index (χ1v) is 10.1. The minimum absolute atomic E-state index is 0.126. The van der Waals surface area contributed by atoms with Crippen molar-refractivity contribution in [3.05, 3.63) is 65.5 Å². The highest BCUT2D eigenvalue weighted by atomic mass is 32.2. The number of ether oxygens (including phenoxy) is 1. The van der Waals surface area contributed by atoms with Crippen molar-refractivity contribution >= 4 is 23.6 Å². The van der Waals surface area contributed by atoms with E-state index in [2.05, 4.69) is 5.32 Å². The molecule has 0 aliphatic heterocycles. The van der Waals surface area contributed by atoms with E-state index in [0.717, 1.165) is 16.9 Å². The van der Waals surface area contributed by atoms with Gasteiger partial charge in [0.2, 0.25) is 11.8 Å². The lowest BCUT2D eigenvalue weighted by atomic mass is 10.1. The summed E-state index contributed by atoms with van der Waals surface area (Å²) >= 11 is 1.44. The van der Waals surface area contributed by atoms with Gasteiger partial charge in [0.1, 0.15) is 17.6 Å². The highest BCUT2D eigenvalue weighted by Crippen LogP contribution is 2.18. The Morgan fingerprint density at radius 2 is 1.71 bits per heavy atom. The molecule has 0 aliphatic carbocycles. The van der Waals surface area contributed by atoms with E-state index < -0.39 is 6.04 Å². The number of carbonyl (C=O) groups excluding carboxylic acids is 2. The van der Waals surface area contributed by atoms with Gasteiger partial charge < -0.3 is 15.0 Å². The lowest BCUT2D eigenvalue weighted by molar-refractivity contribution is -0.138. The summed E-state index contributed by atoms with van der Waals surface area (Å²) in [5.41, 5.74) is 1.86. The molecule has 5 nitrogen and oxygen atoms in total. The average molecular weight is 405 g/mol. The molecule has 0 heterocycles. The number of methoxy groups -OCH3 is 1. The summed E-state index contributed by atoms with van der Waals surface area (Å²) in [6.45, 7) is 2.04. The number of halogens is 1. The van der Waals surface area contributed by atoms with Gasteiger partial charge in [0, 0.05) is 19.3 Å². The molecule has 0 radical (unpaired) electrons. The fraction of sp³-hybridized carbons (Fsp3) is 0.333. The van der Waals surface area contributed by atoms with E-state index in [4.69, 9.17) is 4.74 Å². The summed E-state index contributed by atoms with van der Waals surface area (Å²) in [6.07, 6.45) is 0. The van der Waals surface area contributed by atoms with Crippen LogP contribution in [0.1, 0.15) is 18.1 Å². The van der Waals surface area contributed by atoms with Crippen LogP contribution in [0.5, 0.6) is 5.75 Å². The number of carbonyl (C=O) groups is 2. The second kappa shape index (κ2) is 10.7. The molecule has 1 atom stereocenters. The predicted octanol–water partition coefficient (Wildman–Crippen LogP) is 3.23. The van der Waals surface area contributed by atoms with Gasteiger partial charge in [0.25, 0.3) is 0 Å². The van der Waals surface area contributed by atoms with Gasteiger partial charge in [-0.3, -0.25) is 9.59 Å². The topological polar surface area (TPSA) is 58.6 Å². The van der Waals surface area contributed by atoms with Crippen LogP contribution in [0.2, 0.25) is 0 Å². The number of nitrogens with one attached hydrogen (secondary N) is 1. The molecule has 0 saturated heterocycles. The molecule has 0 fully saturated rings. The first kappa shape index (κ1) is 21.8. The lowest BCUT2D eigenvalue weighted by Gasteiger charge is -2.28. The van der Waals surface area contributed by atoms with Crippen molar-refractivity contribution in [1.82, 2.24) is 10.2 Å². The number of amides is 2. The number of nitrogens with zero attached hydrogens (tertiary/aromatic N) is 1. The van der Waals surface area contributed by atoms with Gasteiger partial charge in [-0.2, -0.15) is 0 Å². The molecule has 0 bridgehead atoms. The highest BCUT2D eigenvalue weighted by Gasteiger charge is 2.25. The van der Waals surface area contributed by atoms with E-state index in [0.29, 0.717) is 12.3 Å². The minimum Gasteiger partial charge on any atom is -0.497 e. The average Bonchev–Trinajstić information content (AvgIpc) is 2.72. The van der Waals surface area contributed by atoms with E-state index in [9.17, 15) is 14.0 Å². The van der Waals surface area contributed by atoms with Crippen molar-refractivity contribution in [2.45, 2.75) is 25.3 Å². The smallest absolute Gasteiger partial charge is 0.242 e. The largest absolute Gasteiger partial charge is 0.497 e. The summed E-state index contributed by atoms with van der Waals surface area (Å²) in [5, 5.41) is 2.60. The number of benzene rings is 2.